The molecule has 4 nitrogen and oxygen atoms in total. The first-order valence-corrected chi connectivity index (χ1v) is 18.6. The number of fused-ring (bicyclic) bond motifs is 7. The molecule has 5 heteroatoms. The van der Waals surface area contributed by atoms with Crippen LogP contribution in [0.3, 0.4) is 0 Å². The summed E-state index contributed by atoms with van der Waals surface area (Å²) < 4.78 is 7.72. The van der Waals surface area contributed by atoms with E-state index < -0.39 is 5.41 Å². The number of hydrogen-bond donors (Lipinski definition) is 0. The minimum atomic E-state index is -0.533. The van der Waals surface area contributed by atoms with Gasteiger partial charge in [-0.05, 0) is 63.0 Å². The summed E-state index contributed by atoms with van der Waals surface area (Å²) in [4.78, 5) is 16.9. The fraction of sp³-hybridized carbons (Fsp3) is 0.0208. The number of para-hydroxylation sites is 2. The van der Waals surface area contributed by atoms with Crippen molar-refractivity contribution in [1.29, 1.82) is 0 Å². The van der Waals surface area contributed by atoms with Gasteiger partial charge in [-0.3, -0.25) is 0 Å². The Labute approximate surface area is 309 Å². The number of furan rings is 1. The molecule has 0 bridgehead atoms. The Morgan fingerprint density at radius 2 is 1.04 bits per heavy atom. The van der Waals surface area contributed by atoms with Crippen LogP contribution in [0.5, 0.6) is 0 Å². The van der Waals surface area contributed by atoms with Crippen LogP contribution in [0.25, 0.3) is 76.6 Å². The summed E-state index contributed by atoms with van der Waals surface area (Å²) in [6.07, 6.45) is 0. The van der Waals surface area contributed by atoms with Crippen molar-refractivity contribution in [2.75, 3.05) is 0 Å². The maximum absolute atomic E-state index is 6.53. The second-order valence-electron chi connectivity index (χ2n) is 13.5. The van der Waals surface area contributed by atoms with Crippen molar-refractivity contribution in [2.45, 2.75) is 5.41 Å². The monoisotopic (exact) mass is 695 g/mol. The Balaban J connectivity index is 1.22. The topological polar surface area (TPSA) is 51.8 Å². The van der Waals surface area contributed by atoms with Crippen LogP contribution < -0.4 is 0 Å². The second kappa shape index (κ2) is 11.7. The van der Waals surface area contributed by atoms with Gasteiger partial charge in [0.1, 0.15) is 11.2 Å². The molecule has 248 valence electrons. The molecule has 11 rings (SSSR count). The Kier molecular flexibility index (Phi) is 6.60. The lowest BCUT2D eigenvalue weighted by Crippen LogP contribution is -2.28. The largest absolute Gasteiger partial charge is 0.455 e. The van der Waals surface area contributed by atoms with Crippen LogP contribution in [0, 0.1) is 0 Å². The van der Waals surface area contributed by atoms with E-state index in [1.54, 1.807) is 11.3 Å². The standard InChI is InChI=1S/C48H29N3OS/c1-3-16-31(17-4-1)48(32-18-5-2-6-19-32)38-25-10-8-21-35(38)43-36(23-14-26-39(43)48)45-49-46(51-47(50-45)42-29-30-15-7-12-28-41(30)53-42)37-24-13-22-34-33-20-9-11-27-40(33)52-44(34)37/h1-29H. The molecule has 0 aliphatic heterocycles. The lowest BCUT2D eigenvalue weighted by molar-refractivity contribution is 0.669. The first-order chi connectivity index (χ1) is 26.3. The Bertz CT molecular complexity index is 2950. The maximum atomic E-state index is 6.53. The van der Waals surface area contributed by atoms with Crippen molar-refractivity contribution in [3.63, 3.8) is 0 Å². The van der Waals surface area contributed by atoms with Gasteiger partial charge in [-0.2, -0.15) is 0 Å². The van der Waals surface area contributed by atoms with E-state index in [2.05, 4.69) is 158 Å². The molecule has 0 saturated carbocycles. The van der Waals surface area contributed by atoms with Crippen LogP contribution in [0.2, 0.25) is 0 Å². The van der Waals surface area contributed by atoms with Gasteiger partial charge in [0.05, 0.1) is 15.9 Å². The highest BCUT2D eigenvalue weighted by Crippen LogP contribution is 2.58. The van der Waals surface area contributed by atoms with E-state index in [0.717, 1.165) is 43.5 Å². The van der Waals surface area contributed by atoms with Gasteiger partial charge in [-0.25, -0.2) is 15.0 Å². The van der Waals surface area contributed by atoms with Crippen molar-refractivity contribution in [1.82, 2.24) is 15.0 Å². The quantitative estimate of drug-likeness (QED) is 0.180. The fourth-order valence-corrected chi connectivity index (χ4v) is 9.42. The summed E-state index contributed by atoms with van der Waals surface area (Å²) in [7, 11) is 0. The van der Waals surface area contributed by atoms with E-state index in [1.165, 1.54) is 37.9 Å². The molecule has 53 heavy (non-hydrogen) atoms. The van der Waals surface area contributed by atoms with E-state index in [1.807, 2.05) is 18.2 Å². The summed E-state index contributed by atoms with van der Waals surface area (Å²) in [5.74, 6) is 1.84. The molecular weight excluding hydrogens is 667 g/mol. The van der Waals surface area contributed by atoms with Gasteiger partial charge in [-0.15, -0.1) is 11.3 Å². The van der Waals surface area contributed by atoms with Crippen LogP contribution in [-0.4, -0.2) is 15.0 Å². The molecule has 1 aliphatic rings. The zero-order valence-corrected chi connectivity index (χ0v) is 29.2. The summed E-state index contributed by atoms with van der Waals surface area (Å²) in [5, 5.41) is 3.27. The van der Waals surface area contributed by atoms with Gasteiger partial charge in [0.15, 0.2) is 17.5 Å². The smallest absolute Gasteiger partial charge is 0.174 e. The zero-order chi connectivity index (χ0) is 34.9. The summed E-state index contributed by atoms with van der Waals surface area (Å²) >= 11 is 1.70. The number of rotatable bonds is 5. The molecule has 0 N–H and O–H groups in total. The predicted octanol–water partition coefficient (Wildman–Crippen LogP) is 12.3. The van der Waals surface area contributed by atoms with Crippen LogP contribution in [0.1, 0.15) is 22.3 Å². The number of hydrogen-bond acceptors (Lipinski definition) is 5. The molecule has 3 aromatic heterocycles. The van der Waals surface area contributed by atoms with Crippen molar-refractivity contribution in [3.05, 3.63) is 198 Å². The number of thiophene rings is 1. The van der Waals surface area contributed by atoms with Gasteiger partial charge in [-0.1, -0.05) is 152 Å². The van der Waals surface area contributed by atoms with Crippen LogP contribution >= 0.6 is 11.3 Å². The number of aromatic nitrogens is 3. The SMILES string of the molecule is c1ccc(C2(c3ccccc3)c3ccccc3-c3c(-c4nc(-c5cc6ccccc6s5)nc(-c5cccc6c5oc5ccccc56)n4)cccc32)cc1. The van der Waals surface area contributed by atoms with Gasteiger partial charge in [0.25, 0.3) is 0 Å². The molecule has 10 aromatic rings. The minimum absolute atomic E-state index is 0.533. The third kappa shape index (κ3) is 4.44. The third-order valence-electron chi connectivity index (χ3n) is 10.6. The van der Waals surface area contributed by atoms with E-state index in [0.29, 0.717) is 17.5 Å². The van der Waals surface area contributed by atoms with Gasteiger partial charge in [0.2, 0.25) is 0 Å². The van der Waals surface area contributed by atoms with E-state index >= 15 is 0 Å². The molecule has 1 aliphatic carbocycles. The summed E-state index contributed by atoms with van der Waals surface area (Å²) in [5.41, 5.74) is 10.1. The molecule has 0 unspecified atom stereocenters. The Morgan fingerprint density at radius 3 is 1.85 bits per heavy atom. The Morgan fingerprint density at radius 1 is 0.453 bits per heavy atom. The highest BCUT2D eigenvalue weighted by Gasteiger charge is 2.47. The van der Waals surface area contributed by atoms with Gasteiger partial charge in [0, 0.05) is 21.0 Å². The average Bonchev–Trinajstić information content (AvgIpc) is 3.92. The third-order valence-corrected chi connectivity index (χ3v) is 11.8. The molecule has 0 atom stereocenters. The Hall–Kier alpha value is -6.69. The van der Waals surface area contributed by atoms with E-state index in [9.17, 15) is 0 Å². The second-order valence-corrected chi connectivity index (χ2v) is 14.6. The predicted molar refractivity (Wildman–Crippen MR) is 216 cm³/mol. The molecular formula is C48H29N3OS. The molecule has 0 radical (unpaired) electrons. The highest BCUT2D eigenvalue weighted by atomic mass is 32.1. The van der Waals surface area contributed by atoms with E-state index in [-0.39, 0.29) is 0 Å². The first-order valence-electron chi connectivity index (χ1n) is 17.8. The van der Waals surface area contributed by atoms with Crippen LogP contribution in [0.15, 0.2) is 180 Å². The molecule has 0 fully saturated rings. The maximum Gasteiger partial charge on any atom is 0.174 e. The molecule has 0 saturated heterocycles. The molecule has 3 heterocycles. The van der Waals surface area contributed by atoms with E-state index in [4.69, 9.17) is 19.4 Å². The molecule has 0 amide bonds. The van der Waals surface area contributed by atoms with Crippen molar-refractivity contribution >= 4 is 43.4 Å². The lowest BCUT2D eigenvalue weighted by Gasteiger charge is -2.33. The fourth-order valence-electron chi connectivity index (χ4n) is 8.42. The normalized spacial score (nSPS) is 13.1. The lowest BCUT2D eigenvalue weighted by atomic mass is 9.67. The summed E-state index contributed by atoms with van der Waals surface area (Å²) in [6, 6.07) is 62.1. The molecule has 0 spiro atoms. The van der Waals surface area contributed by atoms with Gasteiger partial charge >= 0.3 is 0 Å². The van der Waals surface area contributed by atoms with Gasteiger partial charge < -0.3 is 4.42 Å². The van der Waals surface area contributed by atoms with Crippen LogP contribution in [-0.2, 0) is 5.41 Å². The van der Waals surface area contributed by atoms with Crippen molar-refractivity contribution < 1.29 is 4.42 Å². The number of benzene rings is 7. The summed E-state index contributed by atoms with van der Waals surface area (Å²) in [6.45, 7) is 0. The number of nitrogens with zero attached hydrogens (tertiary/aromatic N) is 3. The first kappa shape index (κ1) is 30.0. The average molecular weight is 696 g/mol. The van der Waals surface area contributed by atoms with Crippen LogP contribution in [0.4, 0.5) is 0 Å². The zero-order valence-electron chi connectivity index (χ0n) is 28.4. The van der Waals surface area contributed by atoms with Crippen molar-refractivity contribution in [2.24, 2.45) is 0 Å². The molecule has 7 aromatic carbocycles. The highest BCUT2D eigenvalue weighted by molar-refractivity contribution is 7.22. The minimum Gasteiger partial charge on any atom is -0.455 e. The van der Waals surface area contributed by atoms with Crippen molar-refractivity contribution in [3.8, 4) is 44.6 Å².